The Labute approximate surface area is 104 Å². The van der Waals surface area contributed by atoms with Crippen LogP contribution in [0.25, 0.3) is 0 Å². The van der Waals surface area contributed by atoms with E-state index in [2.05, 4.69) is 23.7 Å². The lowest BCUT2D eigenvalue weighted by molar-refractivity contribution is 0.198. The van der Waals surface area contributed by atoms with Crippen molar-refractivity contribution in [2.45, 2.75) is 46.6 Å². The molecule has 3 heteroatoms. The van der Waals surface area contributed by atoms with Gasteiger partial charge in [0, 0.05) is 24.3 Å². The van der Waals surface area contributed by atoms with Crippen LogP contribution in [0.2, 0.25) is 0 Å². The molecule has 3 nitrogen and oxygen atoms in total. The summed E-state index contributed by atoms with van der Waals surface area (Å²) in [5, 5.41) is 9.59. The minimum absolute atomic E-state index is 0.442. The van der Waals surface area contributed by atoms with E-state index in [1.165, 1.54) is 0 Å². The first kappa shape index (κ1) is 14.0. The highest BCUT2D eigenvalue weighted by Crippen LogP contribution is 2.20. The van der Waals surface area contributed by atoms with Gasteiger partial charge >= 0.3 is 0 Å². The van der Waals surface area contributed by atoms with E-state index >= 15 is 0 Å². The lowest BCUT2D eigenvalue weighted by atomic mass is 10.1. The molecule has 17 heavy (non-hydrogen) atoms. The van der Waals surface area contributed by atoms with Crippen LogP contribution in [-0.2, 0) is 0 Å². The fraction of sp³-hybridized carbons (Fsp3) is 0.643. The van der Waals surface area contributed by atoms with Gasteiger partial charge in [-0.25, -0.2) is 4.98 Å². The second-order valence-corrected chi connectivity index (χ2v) is 4.51. The van der Waals surface area contributed by atoms with Gasteiger partial charge in [-0.05, 0) is 32.8 Å². The van der Waals surface area contributed by atoms with Crippen molar-refractivity contribution in [2.24, 2.45) is 0 Å². The van der Waals surface area contributed by atoms with Crippen molar-refractivity contribution in [1.82, 2.24) is 4.98 Å². The topological polar surface area (TPSA) is 36.4 Å². The van der Waals surface area contributed by atoms with Gasteiger partial charge in [0.05, 0.1) is 6.10 Å². The number of nitrogens with zero attached hydrogens (tertiary/aromatic N) is 2. The highest BCUT2D eigenvalue weighted by atomic mass is 16.3. The van der Waals surface area contributed by atoms with Crippen molar-refractivity contribution in [2.75, 3.05) is 18.0 Å². The standard InChI is InChI=1S/C14H24N2O/c1-5-9-16(10-6-2)14-8-7-13(12(4)17)11(3)15-14/h7-8,12,17H,5-6,9-10H2,1-4H3/t12-/m1/s1. The first-order chi connectivity index (χ1) is 8.10. The van der Waals surface area contributed by atoms with Crippen LogP contribution in [0.4, 0.5) is 5.82 Å². The van der Waals surface area contributed by atoms with Crippen molar-refractivity contribution in [1.29, 1.82) is 0 Å². The molecule has 1 atom stereocenters. The smallest absolute Gasteiger partial charge is 0.128 e. The summed E-state index contributed by atoms with van der Waals surface area (Å²) in [4.78, 5) is 6.90. The number of pyridine rings is 1. The fourth-order valence-corrected chi connectivity index (χ4v) is 2.06. The molecule has 0 aliphatic carbocycles. The van der Waals surface area contributed by atoms with Gasteiger partial charge in [-0.15, -0.1) is 0 Å². The Kier molecular flexibility index (Phi) is 5.42. The molecule has 1 rings (SSSR count). The quantitative estimate of drug-likeness (QED) is 0.824. The molecule has 1 heterocycles. The third-order valence-corrected chi connectivity index (χ3v) is 2.87. The first-order valence-electron chi connectivity index (χ1n) is 6.50. The van der Waals surface area contributed by atoms with Crippen LogP contribution in [0.3, 0.4) is 0 Å². The number of hydrogen-bond donors (Lipinski definition) is 1. The van der Waals surface area contributed by atoms with Crippen molar-refractivity contribution in [3.05, 3.63) is 23.4 Å². The van der Waals surface area contributed by atoms with Crippen molar-refractivity contribution in [3.63, 3.8) is 0 Å². The second-order valence-electron chi connectivity index (χ2n) is 4.51. The van der Waals surface area contributed by atoms with Gasteiger partial charge in [0.15, 0.2) is 0 Å². The zero-order chi connectivity index (χ0) is 12.8. The number of hydrogen-bond acceptors (Lipinski definition) is 3. The first-order valence-corrected chi connectivity index (χ1v) is 6.50. The van der Waals surface area contributed by atoms with E-state index in [1.807, 2.05) is 19.1 Å². The maximum atomic E-state index is 9.59. The largest absolute Gasteiger partial charge is 0.389 e. The predicted molar refractivity (Wildman–Crippen MR) is 72.4 cm³/mol. The number of aryl methyl sites for hydroxylation is 1. The molecule has 0 amide bonds. The molecule has 0 aliphatic heterocycles. The molecular weight excluding hydrogens is 212 g/mol. The van der Waals surface area contributed by atoms with Gasteiger partial charge < -0.3 is 10.0 Å². The predicted octanol–water partition coefficient (Wildman–Crippen LogP) is 3.07. The van der Waals surface area contributed by atoms with Crippen LogP contribution in [0.1, 0.15) is 51.0 Å². The Morgan fingerprint density at radius 3 is 2.24 bits per heavy atom. The van der Waals surface area contributed by atoms with Crippen LogP contribution in [0.15, 0.2) is 12.1 Å². The van der Waals surface area contributed by atoms with E-state index < -0.39 is 6.10 Å². The van der Waals surface area contributed by atoms with Crippen molar-refractivity contribution >= 4 is 5.82 Å². The van der Waals surface area contributed by atoms with Crippen molar-refractivity contribution < 1.29 is 5.11 Å². The molecule has 0 saturated carbocycles. The van der Waals surface area contributed by atoms with E-state index in [1.54, 1.807) is 6.92 Å². The van der Waals surface area contributed by atoms with Crippen LogP contribution in [0, 0.1) is 6.92 Å². The maximum Gasteiger partial charge on any atom is 0.128 e. The number of aliphatic hydroxyl groups is 1. The summed E-state index contributed by atoms with van der Waals surface area (Å²) in [6.45, 7) is 10.2. The average Bonchev–Trinajstić information content (AvgIpc) is 2.28. The minimum Gasteiger partial charge on any atom is -0.389 e. The molecule has 0 spiro atoms. The van der Waals surface area contributed by atoms with Gasteiger partial charge in [0.1, 0.15) is 5.82 Å². The summed E-state index contributed by atoms with van der Waals surface area (Å²) in [7, 11) is 0. The van der Waals surface area contributed by atoms with Gasteiger partial charge in [-0.1, -0.05) is 19.9 Å². The molecule has 1 aromatic heterocycles. The Balaban J connectivity index is 2.93. The maximum absolute atomic E-state index is 9.59. The summed E-state index contributed by atoms with van der Waals surface area (Å²) >= 11 is 0. The number of anilines is 1. The summed E-state index contributed by atoms with van der Waals surface area (Å²) in [6, 6.07) is 4.00. The molecule has 1 aromatic rings. The molecule has 0 aliphatic rings. The molecule has 96 valence electrons. The highest BCUT2D eigenvalue weighted by Gasteiger charge is 2.10. The third kappa shape index (κ3) is 3.70. The molecule has 0 aromatic carbocycles. The molecule has 1 N–H and O–H groups in total. The summed E-state index contributed by atoms with van der Waals surface area (Å²) < 4.78 is 0. The van der Waals surface area contributed by atoms with Gasteiger partial charge in [-0.3, -0.25) is 0 Å². The molecule has 0 unspecified atom stereocenters. The Morgan fingerprint density at radius 1 is 1.24 bits per heavy atom. The normalized spacial score (nSPS) is 12.5. The van der Waals surface area contributed by atoms with Gasteiger partial charge in [-0.2, -0.15) is 0 Å². The van der Waals surface area contributed by atoms with E-state index in [4.69, 9.17) is 0 Å². The van der Waals surface area contributed by atoms with Crippen LogP contribution < -0.4 is 4.90 Å². The lowest BCUT2D eigenvalue weighted by Crippen LogP contribution is -2.26. The molecular formula is C14H24N2O. The Morgan fingerprint density at radius 2 is 1.82 bits per heavy atom. The van der Waals surface area contributed by atoms with E-state index in [0.29, 0.717) is 0 Å². The number of aliphatic hydroxyl groups excluding tert-OH is 1. The average molecular weight is 236 g/mol. The minimum atomic E-state index is -0.442. The fourth-order valence-electron chi connectivity index (χ4n) is 2.06. The molecule has 0 saturated heterocycles. The lowest BCUT2D eigenvalue weighted by Gasteiger charge is -2.23. The van der Waals surface area contributed by atoms with Crippen LogP contribution in [0.5, 0.6) is 0 Å². The van der Waals surface area contributed by atoms with Gasteiger partial charge in [0.2, 0.25) is 0 Å². The van der Waals surface area contributed by atoms with Gasteiger partial charge in [0.25, 0.3) is 0 Å². The second kappa shape index (κ2) is 6.60. The Bertz CT molecular complexity index is 344. The highest BCUT2D eigenvalue weighted by molar-refractivity contribution is 5.42. The number of aromatic nitrogens is 1. The third-order valence-electron chi connectivity index (χ3n) is 2.87. The SMILES string of the molecule is CCCN(CCC)c1ccc([C@@H](C)O)c(C)n1. The summed E-state index contributed by atoms with van der Waals surface area (Å²) in [6.07, 6.45) is 1.81. The van der Waals surface area contributed by atoms with Crippen LogP contribution in [-0.4, -0.2) is 23.2 Å². The Hall–Kier alpha value is -1.09. The van der Waals surface area contributed by atoms with E-state index in [-0.39, 0.29) is 0 Å². The summed E-state index contributed by atoms with van der Waals surface area (Å²) in [5.74, 6) is 1.02. The number of rotatable bonds is 6. The monoisotopic (exact) mass is 236 g/mol. The van der Waals surface area contributed by atoms with Crippen molar-refractivity contribution in [3.8, 4) is 0 Å². The van der Waals surface area contributed by atoms with Crippen LogP contribution >= 0.6 is 0 Å². The molecule has 0 radical (unpaired) electrons. The summed E-state index contributed by atoms with van der Waals surface area (Å²) in [5.41, 5.74) is 1.84. The van der Waals surface area contributed by atoms with E-state index in [9.17, 15) is 5.11 Å². The molecule has 0 fully saturated rings. The zero-order valence-corrected chi connectivity index (χ0v) is 11.4. The molecule has 0 bridgehead atoms. The van der Waals surface area contributed by atoms with E-state index in [0.717, 1.165) is 43.0 Å². The zero-order valence-electron chi connectivity index (χ0n) is 11.4.